The zero-order valence-electron chi connectivity index (χ0n) is 14.6. The van der Waals surface area contributed by atoms with Crippen molar-refractivity contribution in [1.29, 1.82) is 0 Å². The van der Waals surface area contributed by atoms with E-state index in [1.807, 2.05) is 32.9 Å². The Hall–Kier alpha value is -2.43. The van der Waals surface area contributed by atoms with Crippen molar-refractivity contribution in [2.75, 3.05) is 5.32 Å². The van der Waals surface area contributed by atoms with Crippen molar-refractivity contribution in [2.24, 2.45) is 10.4 Å². The van der Waals surface area contributed by atoms with Crippen LogP contribution in [-0.2, 0) is 9.59 Å². The average Bonchev–Trinajstić information content (AvgIpc) is 2.48. The van der Waals surface area contributed by atoms with E-state index in [2.05, 4.69) is 10.3 Å². The fourth-order valence-corrected chi connectivity index (χ4v) is 2.65. The van der Waals surface area contributed by atoms with E-state index in [-0.39, 0.29) is 28.4 Å². The number of aliphatic hydroxyl groups is 1. The van der Waals surface area contributed by atoms with Crippen molar-refractivity contribution in [1.82, 2.24) is 0 Å². The maximum absolute atomic E-state index is 12.2. The first-order chi connectivity index (χ1) is 11.2. The van der Waals surface area contributed by atoms with Gasteiger partial charge in [-0.15, -0.1) is 0 Å². The largest absolute Gasteiger partial charge is 0.511 e. The van der Waals surface area contributed by atoms with Gasteiger partial charge in [0.2, 0.25) is 5.91 Å². The number of aliphatic imine (C=N–C) groups is 1. The Labute approximate surface area is 142 Å². The van der Waals surface area contributed by atoms with Gasteiger partial charge in [0.15, 0.2) is 5.78 Å². The number of hydrogen-bond donors (Lipinski definition) is 2. The fourth-order valence-electron chi connectivity index (χ4n) is 2.65. The highest BCUT2D eigenvalue weighted by Crippen LogP contribution is 2.35. The Balaban J connectivity index is 2.25. The molecule has 0 fully saturated rings. The number of carbonyl (C=O) groups excluding carboxylic acids is 2. The fraction of sp³-hybridized carbons (Fsp3) is 0.421. The lowest BCUT2D eigenvalue weighted by Crippen LogP contribution is -2.26. The summed E-state index contributed by atoms with van der Waals surface area (Å²) in [5, 5.41) is 12.9. The van der Waals surface area contributed by atoms with Crippen molar-refractivity contribution in [3.63, 3.8) is 0 Å². The molecule has 1 aliphatic rings. The molecule has 0 bridgehead atoms. The van der Waals surface area contributed by atoms with Crippen molar-refractivity contribution in [3.05, 3.63) is 35.1 Å². The number of carbonyl (C=O) groups is 2. The molecular formula is C19H24N2O3. The molecule has 0 spiro atoms. The van der Waals surface area contributed by atoms with Crippen LogP contribution in [0.15, 0.2) is 34.5 Å². The van der Waals surface area contributed by atoms with E-state index < -0.39 is 0 Å². The third kappa shape index (κ3) is 4.31. The van der Waals surface area contributed by atoms with Gasteiger partial charge in [-0.2, -0.15) is 0 Å². The van der Waals surface area contributed by atoms with E-state index in [1.165, 1.54) is 6.21 Å². The van der Waals surface area contributed by atoms with Gasteiger partial charge in [-0.3, -0.25) is 14.6 Å². The first-order valence-electron chi connectivity index (χ1n) is 8.12. The van der Waals surface area contributed by atoms with Crippen LogP contribution in [0.2, 0.25) is 0 Å². The second kappa shape index (κ2) is 6.99. The van der Waals surface area contributed by atoms with E-state index >= 15 is 0 Å². The van der Waals surface area contributed by atoms with Crippen LogP contribution in [0.4, 0.5) is 11.4 Å². The van der Waals surface area contributed by atoms with E-state index in [0.717, 1.165) is 5.56 Å². The number of allylic oxidation sites excluding steroid dienone is 2. The van der Waals surface area contributed by atoms with E-state index in [9.17, 15) is 14.7 Å². The molecule has 24 heavy (non-hydrogen) atoms. The molecule has 0 saturated carbocycles. The highest BCUT2D eigenvalue weighted by Gasteiger charge is 2.32. The van der Waals surface area contributed by atoms with Gasteiger partial charge in [0, 0.05) is 31.2 Å². The zero-order valence-corrected chi connectivity index (χ0v) is 14.6. The van der Waals surface area contributed by atoms with Crippen molar-refractivity contribution < 1.29 is 14.7 Å². The zero-order chi connectivity index (χ0) is 17.9. The summed E-state index contributed by atoms with van der Waals surface area (Å²) >= 11 is 0. The van der Waals surface area contributed by atoms with Crippen LogP contribution in [0, 0.1) is 12.3 Å². The van der Waals surface area contributed by atoms with Gasteiger partial charge >= 0.3 is 0 Å². The molecule has 5 nitrogen and oxygen atoms in total. The lowest BCUT2D eigenvalue weighted by Gasteiger charge is -2.28. The summed E-state index contributed by atoms with van der Waals surface area (Å²) in [5.41, 5.74) is 2.30. The van der Waals surface area contributed by atoms with Gasteiger partial charge < -0.3 is 10.4 Å². The second-order valence-electron chi connectivity index (χ2n) is 6.96. The summed E-state index contributed by atoms with van der Waals surface area (Å²) in [5.74, 6) is -0.0741. The molecule has 1 amide bonds. The summed E-state index contributed by atoms with van der Waals surface area (Å²) in [4.78, 5) is 28.0. The van der Waals surface area contributed by atoms with Crippen LogP contribution < -0.4 is 5.32 Å². The summed E-state index contributed by atoms with van der Waals surface area (Å²) in [6, 6.07) is 5.43. The minimum atomic E-state index is -0.222. The Bertz CT molecular complexity index is 730. The Kier molecular flexibility index (Phi) is 5.22. The number of anilines is 1. The van der Waals surface area contributed by atoms with Crippen molar-refractivity contribution >= 4 is 29.3 Å². The van der Waals surface area contributed by atoms with E-state index in [0.29, 0.717) is 30.6 Å². The third-order valence-corrected chi connectivity index (χ3v) is 4.06. The predicted octanol–water partition coefficient (Wildman–Crippen LogP) is 4.25. The summed E-state index contributed by atoms with van der Waals surface area (Å²) in [7, 11) is 0. The van der Waals surface area contributed by atoms with Gasteiger partial charge in [-0.1, -0.05) is 26.8 Å². The number of ketones is 1. The van der Waals surface area contributed by atoms with Gasteiger partial charge in [-0.05, 0) is 30.0 Å². The number of nitrogens with one attached hydrogen (secondary N) is 1. The average molecular weight is 328 g/mol. The highest BCUT2D eigenvalue weighted by atomic mass is 16.3. The maximum Gasteiger partial charge on any atom is 0.224 e. The molecule has 0 aromatic heterocycles. The molecule has 128 valence electrons. The third-order valence-electron chi connectivity index (χ3n) is 4.06. The molecule has 2 rings (SSSR count). The molecular weight excluding hydrogens is 304 g/mol. The molecule has 1 aromatic carbocycles. The molecule has 0 atom stereocenters. The van der Waals surface area contributed by atoms with Crippen LogP contribution in [0.5, 0.6) is 0 Å². The number of aryl methyl sites for hydroxylation is 1. The first-order valence-corrected chi connectivity index (χ1v) is 8.12. The smallest absolute Gasteiger partial charge is 0.224 e. The van der Waals surface area contributed by atoms with E-state index in [1.54, 1.807) is 13.0 Å². The highest BCUT2D eigenvalue weighted by molar-refractivity contribution is 6.15. The molecule has 0 heterocycles. The molecule has 0 radical (unpaired) electrons. The molecule has 2 N–H and O–H groups in total. The molecule has 0 saturated heterocycles. The number of rotatable bonds is 4. The lowest BCUT2D eigenvalue weighted by atomic mass is 9.77. The van der Waals surface area contributed by atoms with Crippen LogP contribution >= 0.6 is 0 Å². The number of Topliss-reactive ketones (excluding diaryl/α,β-unsaturated/α-hetero) is 1. The monoisotopic (exact) mass is 328 g/mol. The molecule has 0 aliphatic heterocycles. The molecule has 0 unspecified atom stereocenters. The van der Waals surface area contributed by atoms with Crippen molar-refractivity contribution in [2.45, 2.75) is 47.0 Å². The second-order valence-corrected chi connectivity index (χ2v) is 6.96. The SMILES string of the molecule is CCC(=O)Nc1cc(N=CC2=C(O)CC(C)(C)CC2=O)ccc1C. The Morgan fingerprint density at radius 2 is 2.08 bits per heavy atom. The minimum Gasteiger partial charge on any atom is -0.511 e. The van der Waals surface area contributed by atoms with Gasteiger partial charge in [-0.25, -0.2) is 0 Å². The topological polar surface area (TPSA) is 78.8 Å². The lowest BCUT2D eigenvalue weighted by molar-refractivity contribution is -0.118. The predicted molar refractivity (Wildman–Crippen MR) is 95.9 cm³/mol. The van der Waals surface area contributed by atoms with Gasteiger partial charge in [0.1, 0.15) is 5.76 Å². The molecule has 1 aliphatic carbocycles. The number of benzene rings is 1. The van der Waals surface area contributed by atoms with E-state index in [4.69, 9.17) is 0 Å². The molecule has 5 heteroatoms. The number of hydrogen-bond acceptors (Lipinski definition) is 4. The minimum absolute atomic E-state index is 0.0655. The normalized spacial score (nSPS) is 17.4. The van der Waals surface area contributed by atoms with Crippen LogP contribution in [0.25, 0.3) is 0 Å². The summed E-state index contributed by atoms with van der Waals surface area (Å²) < 4.78 is 0. The van der Waals surface area contributed by atoms with Crippen LogP contribution in [0.1, 0.15) is 45.6 Å². The first kappa shape index (κ1) is 17.9. The summed E-state index contributed by atoms with van der Waals surface area (Å²) in [6.45, 7) is 7.60. The number of aliphatic hydroxyl groups excluding tert-OH is 1. The Morgan fingerprint density at radius 3 is 2.71 bits per heavy atom. The standard InChI is InChI=1S/C19H24N2O3/c1-5-18(24)21-15-8-13(7-6-12(15)2)20-11-14-16(22)9-19(3,4)10-17(14)23/h6-8,11,22H,5,9-10H2,1-4H3,(H,21,24). The van der Waals surface area contributed by atoms with Gasteiger partial charge in [0.05, 0.1) is 11.3 Å². The van der Waals surface area contributed by atoms with Gasteiger partial charge in [0.25, 0.3) is 0 Å². The summed E-state index contributed by atoms with van der Waals surface area (Å²) in [6.07, 6.45) is 2.68. The quantitative estimate of drug-likeness (QED) is 0.811. The molecule has 1 aromatic rings. The maximum atomic E-state index is 12.2. The Morgan fingerprint density at radius 1 is 1.38 bits per heavy atom. The van der Waals surface area contributed by atoms with Crippen molar-refractivity contribution in [3.8, 4) is 0 Å². The number of nitrogens with zero attached hydrogens (tertiary/aromatic N) is 1. The van der Waals surface area contributed by atoms with Crippen LogP contribution in [-0.4, -0.2) is 23.0 Å². The van der Waals surface area contributed by atoms with Crippen LogP contribution in [0.3, 0.4) is 0 Å². The number of amides is 1.